The van der Waals surface area contributed by atoms with Gasteiger partial charge in [0.05, 0.1) is 28.4 Å². The number of amides is 1. The van der Waals surface area contributed by atoms with Crippen molar-refractivity contribution in [3.63, 3.8) is 0 Å². The summed E-state index contributed by atoms with van der Waals surface area (Å²) in [6.45, 7) is 4.80. The second-order valence-electron chi connectivity index (χ2n) is 9.25. The van der Waals surface area contributed by atoms with Gasteiger partial charge in [0.25, 0.3) is 5.78 Å². The van der Waals surface area contributed by atoms with Gasteiger partial charge >= 0.3 is 5.91 Å². The number of benzene rings is 3. The average molecular weight is 533 g/mol. The number of nitrogens with zero attached hydrogens (tertiary/aromatic N) is 2. The van der Waals surface area contributed by atoms with Crippen molar-refractivity contribution >= 4 is 55.7 Å². The number of aromatic nitrogens is 1. The van der Waals surface area contributed by atoms with Gasteiger partial charge in [-0.05, 0) is 48.2 Å². The Hall–Kier alpha value is -3.68. The van der Waals surface area contributed by atoms with Crippen molar-refractivity contribution in [1.82, 2.24) is 4.98 Å². The summed E-state index contributed by atoms with van der Waals surface area (Å²) in [5.74, 6) is -0.636. The second kappa shape index (κ2) is 10.4. The highest BCUT2D eigenvalue weighted by molar-refractivity contribution is 7.22. The van der Waals surface area contributed by atoms with Gasteiger partial charge in [-0.15, -0.1) is 0 Å². The van der Waals surface area contributed by atoms with Crippen LogP contribution in [0.5, 0.6) is 5.75 Å². The fourth-order valence-corrected chi connectivity index (χ4v) is 5.54. The molecular formula is C29H25ClN2O4S. The minimum Gasteiger partial charge on any atom is -0.507 e. The molecule has 1 aromatic heterocycles. The SMILES string of the molecule is CC(C)CCOc1cccc(C2/C(=C(\O)c3ccccc3)C(=O)C(=O)N2c2nc3ccc(Cl)cc3s2)c1. The molecule has 1 saturated heterocycles. The van der Waals surface area contributed by atoms with Crippen LogP contribution in [-0.4, -0.2) is 28.4 Å². The van der Waals surface area contributed by atoms with Crippen LogP contribution in [0, 0.1) is 5.92 Å². The van der Waals surface area contributed by atoms with Crippen molar-refractivity contribution in [2.24, 2.45) is 5.92 Å². The van der Waals surface area contributed by atoms with E-state index in [-0.39, 0.29) is 11.3 Å². The molecule has 37 heavy (non-hydrogen) atoms. The van der Waals surface area contributed by atoms with Gasteiger partial charge in [0.1, 0.15) is 11.5 Å². The summed E-state index contributed by atoms with van der Waals surface area (Å²) >= 11 is 7.43. The summed E-state index contributed by atoms with van der Waals surface area (Å²) in [6, 6.07) is 20.4. The Balaban J connectivity index is 1.65. The molecule has 1 unspecified atom stereocenters. The molecule has 0 saturated carbocycles. The molecule has 5 rings (SSSR count). The monoisotopic (exact) mass is 532 g/mol. The summed E-state index contributed by atoms with van der Waals surface area (Å²) in [5, 5.41) is 12.2. The second-order valence-corrected chi connectivity index (χ2v) is 10.7. The lowest BCUT2D eigenvalue weighted by molar-refractivity contribution is -0.132. The molecule has 4 aromatic rings. The summed E-state index contributed by atoms with van der Waals surface area (Å²) in [4.78, 5) is 32.9. The third-order valence-electron chi connectivity index (χ3n) is 6.17. The molecular weight excluding hydrogens is 508 g/mol. The minimum absolute atomic E-state index is 0.00724. The van der Waals surface area contributed by atoms with E-state index in [0.29, 0.717) is 45.1 Å². The molecule has 0 aliphatic carbocycles. The third-order valence-corrected chi connectivity index (χ3v) is 7.43. The van der Waals surface area contributed by atoms with Gasteiger partial charge in [0.15, 0.2) is 5.13 Å². The predicted octanol–water partition coefficient (Wildman–Crippen LogP) is 7.00. The zero-order chi connectivity index (χ0) is 26.1. The van der Waals surface area contributed by atoms with Gasteiger partial charge in [0, 0.05) is 10.6 Å². The number of halogens is 1. The van der Waals surface area contributed by atoms with E-state index in [2.05, 4.69) is 18.8 Å². The number of aliphatic hydroxyl groups is 1. The largest absolute Gasteiger partial charge is 0.507 e. The van der Waals surface area contributed by atoms with E-state index >= 15 is 0 Å². The summed E-state index contributed by atoms with van der Waals surface area (Å²) in [5.41, 5.74) is 1.76. The number of aliphatic hydroxyl groups excluding tert-OH is 1. The Morgan fingerprint density at radius 3 is 2.62 bits per heavy atom. The van der Waals surface area contributed by atoms with E-state index in [0.717, 1.165) is 11.1 Å². The number of anilines is 1. The van der Waals surface area contributed by atoms with Crippen LogP contribution in [0.25, 0.3) is 16.0 Å². The lowest BCUT2D eigenvalue weighted by atomic mass is 9.95. The van der Waals surface area contributed by atoms with Crippen LogP contribution in [0.3, 0.4) is 0 Å². The van der Waals surface area contributed by atoms with Crippen LogP contribution >= 0.6 is 22.9 Å². The number of fused-ring (bicyclic) bond motifs is 1. The molecule has 6 nitrogen and oxygen atoms in total. The van der Waals surface area contributed by atoms with Gasteiger partial charge in [-0.1, -0.05) is 79.2 Å². The van der Waals surface area contributed by atoms with Gasteiger partial charge in [-0.25, -0.2) is 4.98 Å². The first kappa shape index (κ1) is 25.0. The highest BCUT2D eigenvalue weighted by Gasteiger charge is 2.48. The first-order valence-corrected chi connectivity index (χ1v) is 13.2. The van der Waals surface area contributed by atoms with Gasteiger partial charge in [-0.3, -0.25) is 14.5 Å². The minimum atomic E-state index is -0.884. The van der Waals surface area contributed by atoms with E-state index < -0.39 is 17.7 Å². The predicted molar refractivity (Wildman–Crippen MR) is 147 cm³/mol. The van der Waals surface area contributed by atoms with Crippen LogP contribution < -0.4 is 9.64 Å². The zero-order valence-electron chi connectivity index (χ0n) is 20.3. The molecule has 1 fully saturated rings. The number of ketones is 1. The smallest absolute Gasteiger partial charge is 0.301 e. The topological polar surface area (TPSA) is 79.7 Å². The molecule has 2 heterocycles. The van der Waals surface area contributed by atoms with Crippen molar-refractivity contribution in [1.29, 1.82) is 0 Å². The number of carbonyl (C=O) groups is 2. The maximum absolute atomic E-state index is 13.5. The number of Topliss-reactive ketones (excluding diaryl/α,β-unsaturated/α-hetero) is 1. The number of thiazole rings is 1. The van der Waals surface area contributed by atoms with Crippen molar-refractivity contribution in [2.75, 3.05) is 11.5 Å². The van der Waals surface area contributed by atoms with Gasteiger partial charge in [0.2, 0.25) is 0 Å². The summed E-state index contributed by atoms with van der Waals surface area (Å²) < 4.78 is 6.75. The van der Waals surface area contributed by atoms with Crippen molar-refractivity contribution in [3.05, 3.63) is 94.5 Å². The molecule has 1 amide bonds. The average Bonchev–Trinajstić information content (AvgIpc) is 3.41. The molecule has 188 valence electrons. The molecule has 1 aliphatic rings. The van der Waals surface area contributed by atoms with E-state index in [1.807, 2.05) is 30.3 Å². The molecule has 0 spiro atoms. The number of rotatable bonds is 7. The van der Waals surface area contributed by atoms with E-state index in [9.17, 15) is 14.7 Å². The Kier molecular flexibility index (Phi) is 7.00. The Bertz CT molecular complexity index is 1510. The summed E-state index contributed by atoms with van der Waals surface area (Å²) in [6.07, 6.45) is 0.894. The van der Waals surface area contributed by atoms with Crippen molar-refractivity contribution in [2.45, 2.75) is 26.3 Å². The Morgan fingerprint density at radius 2 is 1.86 bits per heavy atom. The molecule has 1 N–H and O–H groups in total. The highest BCUT2D eigenvalue weighted by Crippen LogP contribution is 2.45. The van der Waals surface area contributed by atoms with Crippen molar-refractivity contribution < 1.29 is 19.4 Å². The third kappa shape index (κ3) is 4.97. The van der Waals surface area contributed by atoms with Crippen molar-refractivity contribution in [3.8, 4) is 5.75 Å². The first-order chi connectivity index (χ1) is 17.8. The normalized spacial score (nSPS) is 17.2. The fourth-order valence-electron chi connectivity index (χ4n) is 4.27. The standard InChI is InChI=1S/C29H25ClN2O4S/c1-17(2)13-14-36-21-10-6-9-19(15-21)25-24(26(33)18-7-4-3-5-8-18)27(34)28(35)32(25)29-31-22-12-11-20(30)16-23(22)37-29/h3-12,15-17,25,33H,13-14H2,1-2H3/b26-24+. The molecule has 1 aliphatic heterocycles. The van der Waals surface area contributed by atoms with Crippen LogP contribution in [-0.2, 0) is 9.59 Å². The fraction of sp³-hybridized carbons (Fsp3) is 0.207. The van der Waals surface area contributed by atoms with E-state index in [4.69, 9.17) is 16.3 Å². The van der Waals surface area contributed by atoms with E-state index in [1.54, 1.807) is 42.5 Å². The number of ether oxygens (including phenoxy) is 1. The highest BCUT2D eigenvalue weighted by atomic mass is 35.5. The molecule has 1 atom stereocenters. The molecule has 3 aromatic carbocycles. The van der Waals surface area contributed by atoms with Crippen LogP contribution in [0.2, 0.25) is 5.02 Å². The quantitative estimate of drug-likeness (QED) is 0.157. The molecule has 0 radical (unpaired) electrons. The number of hydrogen-bond donors (Lipinski definition) is 1. The molecule has 8 heteroatoms. The number of carbonyl (C=O) groups excluding carboxylic acids is 2. The lowest BCUT2D eigenvalue weighted by Crippen LogP contribution is -2.29. The van der Waals surface area contributed by atoms with Gasteiger partial charge < -0.3 is 9.84 Å². The lowest BCUT2D eigenvalue weighted by Gasteiger charge is -2.23. The maximum atomic E-state index is 13.5. The van der Waals surface area contributed by atoms with Gasteiger partial charge in [-0.2, -0.15) is 0 Å². The Labute approximate surface area is 223 Å². The maximum Gasteiger partial charge on any atom is 0.301 e. The van der Waals surface area contributed by atoms with Crippen LogP contribution in [0.15, 0.2) is 78.4 Å². The van der Waals surface area contributed by atoms with Crippen LogP contribution in [0.1, 0.15) is 37.4 Å². The van der Waals surface area contributed by atoms with Crippen LogP contribution in [0.4, 0.5) is 5.13 Å². The first-order valence-electron chi connectivity index (χ1n) is 12.0. The zero-order valence-corrected chi connectivity index (χ0v) is 21.9. The molecule has 0 bridgehead atoms. The number of hydrogen-bond acceptors (Lipinski definition) is 6. The van der Waals surface area contributed by atoms with E-state index in [1.165, 1.54) is 16.2 Å². The Morgan fingerprint density at radius 1 is 1.08 bits per heavy atom. The summed E-state index contributed by atoms with van der Waals surface area (Å²) in [7, 11) is 0.